The molecule has 0 aromatic carbocycles. The molecule has 3 heterocycles. The van der Waals surface area contributed by atoms with Crippen LogP contribution in [0.1, 0.15) is 24.0 Å². The van der Waals surface area contributed by atoms with Gasteiger partial charge < -0.3 is 14.4 Å². The van der Waals surface area contributed by atoms with E-state index in [1.165, 1.54) is 7.11 Å². The van der Waals surface area contributed by atoms with Crippen molar-refractivity contribution in [2.45, 2.75) is 25.6 Å². The number of anilines is 1. The molecule has 24 heavy (non-hydrogen) atoms. The summed E-state index contributed by atoms with van der Waals surface area (Å²) in [5.74, 6) is 0.369. The summed E-state index contributed by atoms with van der Waals surface area (Å²) >= 11 is 0. The zero-order valence-electron chi connectivity index (χ0n) is 13.7. The van der Waals surface area contributed by atoms with Crippen molar-refractivity contribution in [3.05, 3.63) is 47.9 Å². The standard InChI is InChI=1S/C18H20N4O2/c1-23-18-16(10-19)17(6-8-21-18)22-9-3-5-15(12-22)24-13-14-4-2-7-20-11-14/h2,4,6-8,11,15H,3,5,9,12-13H2,1H3. The zero-order chi connectivity index (χ0) is 16.8. The Morgan fingerprint density at radius 1 is 1.38 bits per heavy atom. The summed E-state index contributed by atoms with van der Waals surface area (Å²) in [6.45, 7) is 2.20. The van der Waals surface area contributed by atoms with Gasteiger partial charge in [-0.1, -0.05) is 6.07 Å². The van der Waals surface area contributed by atoms with Crippen LogP contribution in [0.4, 0.5) is 5.69 Å². The van der Waals surface area contributed by atoms with Gasteiger partial charge in [-0.2, -0.15) is 5.26 Å². The average Bonchev–Trinajstić information content (AvgIpc) is 2.66. The number of rotatable bonds is 5. The lowest BCUT2D eigenvalue weighted by atomic mass is 10.1. The van der Waals surface area contributed by atoms with Crippen LogP contribution < -0.4 is 9.64 Å². The van der Waals surface area contributed by atoms with E-state index in [0.29, 0.717) is 18.1 Å². The fraction of sp³-hybridized carbons (Fsp3) is 0.389. The van der Waals surface area contributed by atoms with Crippen molar-refractivity contribution >= 4 is 5.69 Å². The molecule has 6 nitrogen and oxygen atoms in total. The summed E-state index contributed by atoms with van der Waals surface area (Å²) in [5, 5.41) is 9.44. The van der Waals surface area contributed by atoms with E-state index in [4.69, 9.17) is 9.47 Å². The Balaban J connectivity index is 1.69. The van der Waals surface area contributed by atoms with Crippen LogP contribution in [0.3, 0.4) is 0 Å². The van der Waals surface area contributed by atoms with Crippen LogP contribution >= 0.6 is 0 Å². The first-order valence-corrected chi connectivity index (χ1v) is 8.00. The molecule has 2 aromatic heterocycles. The molecule has 0 bridgehead atoms. The van der Waals surface area contributed by atoms with Gasteiger partial charge in [-0.25, -0.2) is 4.98 Å². The van der Waals surface area contributed by atoms with Gasteiger partial charge in [0, 0.05) is 31.7 Å². The molecule has 0 N–H and O–H groups in total. The molecule has 6 heteroatoms. The molecule has 1 atom stereocenters. The molecule has 1 fully saturated rings. The first-order valence-electron chi connectivity index (χ1n) is 8.00. The van der Waals surface area contributed by atoms with Gasteiger partial charge in [-0.05, 0) is 30.5 Å². The second-order valence-electron chi connectivity index (χ2n) is 5.71. The van der Waals surface area contributed by atoms with Gasteiger partial charge in [0.05, 0.1) is 25.5 Å². The Labute approximate surface area is 141 Å². The second kappa shape index (κ2) is 7.75. The number of nitrogens with zero attached hydrogens (tertiary/aromatic N) is 4. The van der Waals surface area contributed by atoms with Gasteiger partial charge in [-0.3, -0.25) is 4.98 Å². The molecule has 0 radical (unpaired) electrons. The van der Waals surface area contributed by atoms with E-state index in [1.54, 1.807) is 12.4 Å². The third-order valence-electron chi connectivity index (χ3n) is 4.13. The fourth-order valence-corrected chi connectivity index (χ4v) is 2.95. The topological polar surface area (TPSA) is 71.3 Å². The van der Waals surface area contributed by atoms with E-state index >= 15 is 0 Å². The van der Waals surface area contributed by atoms with Gasteiger partial charge >= 0.3 is 0 Å². The molecule has 0 saturated carbocycles. The van der Waals surface area contributed by atoms with Crippen molar-refractivity contribution in [3.8, 4) is 11.9 Å². The smallest absolute Gasteiger partial charge is 0.233 e. The predicted octanol–water partition coefficient (Wildman–Crippen LogP) is 2.54. The van der Waals surface area contributed by atoms with Crippen molar-refractivity contribution in [2.24, 2.45) is 0 Å². The highest BCUT2D eigenvalue weighted by Crippen LogP contribution is 2.29. The normalized spacial score (nSPS) is 17.3. The Morgan fingerprint density at radius 2 is 2.29 bits per heavy atom. The van der Waals surface area contributed by atoms with E-state index in [-0.39, 0.29) is 6.10 Å². The summed E-state index contributed by atoms with van der Waals surface area (Å²) in [5.41, 5.74) is 2.41. The summed E-state index contributed by atoms with van der Waals surface area (Å²) in [4.78, 5) is 10.4. The first-order chi connectivity index (χ1) is 11.8. The summed E-state index contributed by atoms with van der Waals surface area (Å²) in [6.07, 6.45) is 7.42. The quantitative estimate of drug-likeness (QED) is 0.842. The van der Waals surface area contributed by atoms with Crippen LogP contribution in [-0.4, -0.2) is 36.3 Å². The van der Waals surface area contributed by atoms with E-state index < -0.39 is 0 Å². The van der Waals surface area contributed by atoms with Gasteiger partial charge in [0.15, 0.2) is 0 Å². The molecule has 0 spiro atoms. The van der Waals surface area contributed by atoms with E-state index in [2.05, 4.69) is 20.9 Å². The first kappa shape index (κ1) is 16.2. The highest BCUT2D eigenvalue weighted by atomic mass is 16.5. The van der Waals surface area contributed by atoms with E-state index in [1.807, 2.05) is 24.4 Å². The Kier molecular flexibility index (Phi) is 5.24. The number of aromatic nitrogens is 2. The largest absolute Gasteiger partial charge is 0.480 e. The van der Waals surface area contributed by atoms with Crippen molar-refractivity contribution in [3.63, 3.8) is 0 Å². The number of nitriles is 1. The van der Waals surface area contributed by atoms with Crippen molar-refractivity contribution in [1.82, 2.24) is 9.97 Å². The maximum Gasteiger partial charge on any atom is 0.233 e. The molecule has 1 unspecified atom stereocenters. The highest BCUT2D eigenvalue weighted by molar-refractivity contribution is 5.63. The molecule has 124 valence electrons. The third kappa shape index (κ3) is 3.63. The van der Waals surface area contributed by atoms with Crippen LogP contribution in [-0.2, 0) is 11.3 Å². The highest BCUT2D eigenvalue weighted by Gasteiger charge is 2.24. The lowest BCUT2D eigenvalue weighted by Gasteiger charge is -2.34. The average molecular weight is 324 g/mol. The summed E-state index contributed by atoms with van der Waals surface area (Å²) in [6, 6.07) is 7.99. The lowest BCUT2D eigenvalue weighted by Crippen LogP contribution is -2.40. The van der Waals surface area contributed by atoms with Crippen LogP contribution in [0.25, 0.3) is 0 Å². The monoisotopic (exact) mass is 324 g/mol. The number of piperidine rings is 1. The fourth-order valence-electron chi connectivity index (χ4n) is 2.95. The SMILES string of the molecule is COc1nccc(N2CCCC(OCc3cccnc3)C2)c1C#N. The number of methoxy groups -OCH3 is 1. The Bertz CT molecular complexity index is 715. The van der Waals surface area contributed by atoms with E-state index in [0.717, 1.165) is 37.2 Å². The van der Waals surface area contributed by atoms with Crippen molar-refractivity contribution in [1.29, 1.82) is 5.26 Å². The molecule has 1 aliphatic rings. The minimum absolute atomic E-state index is 0.129. The van der Waals surface area contributed by atoms with Crippen molar-refractivity contribution in [2.75, 3.05) is 25.1 Å². The summed E-state index contributed by atoms with van der Waals surface area (Å²) in [7, 11) is 1.53. The van der Waals surface area contributed by atoms with Crippen LogP contribution in [0.2, 0.25) is 0 Å². The zero-order valence-corrected chi connectivity index (χ0v) is 13.7. The molecule has 2 aromatic rings. The molecule has 0 amide bonds. The van der Waals surface area contributed by atoms with Crippen LogP contribution in [0, 0.1) is 11.3 Å². The summed E-state index contributed by atoms with van der Waals surface area (Å²) < 4.78 is 11.2. The number of hydrogen-bond acceptors (Lipinski definition) is 6. The Morgan fingerprint density at radius 3 is 3.04 bits per heavy atom. The number of pyridine rings is 2. The van der Waals surface area contributed by atoms with Crippen LogP contribution in [0.15, 0.2) is 36.8 Å². The molecule has 0 aliphatic carbocycles. The molecule has 1 aliphatic heterocycles. The second-order valence-corrected chi connectivity index (χ2v) is 5.71. The van der Waals surface area contributed by atoms with Crippen LogP contribution in [0.5, 0.6) is 5.88 Å². The molecule has 1 saturated heterocycles. The van der Waals surface area contributed by atoms with Crippen molar-refractivity contribution < 1.29 is 9.47 Å². The molecule has 3 rings (SSSR count). The van der Waals surface area contributed by atoms with Gasteiger partial charge in [0.1, 0.15) is 11.6 Å². The van der Waals surface area contributed by atoms with Gasteiger partial charge in [-0.15, -0.1) is 0 Å². The molecular weight excluding hydrogens is 304 g/mol. The molecular formula is C18H20N4O2. The van der Waals surface area contributed by atoms with E-state index in [9.17, 15) is 5.26 Å². The third-order valence-corrected chi connectivity index (χ3v) is 4.13. The predicted molar refractivity (Wildman–Crippen MR) is 89.8 cm³/mol. The minimum Gasteiger partial charge on any atom is -0.480 e. The maximum absolute atomic E-state index is 9.44. The Hall–Kier alpha value is -2.65. The van der Waals surface area contributed by atoms with Gasteiger partial charge in [0.2, 0.25) is 5.88 Å². The van der Waals surface area contributed by atoms with Gasteiger partial charge in [0.25, 0.3) is 0 Å². The number of ether oxygens (including phenoxy) is 2. The minimum atomic E-state index is 0.129. The lowest BCUT2D eigenvalue weighted by molar-refractivity contribution is 0.0314. The maximum atomic E-state index is 9.44. The number of hydrogen-bond donors (Lipinski definition) is 0.